The number of hydrogen-bond acceptors (Lipinski definition) is 0. The van der Waals surface area contributed by atoms with Gasteiger partial charge in [0.25, 0.3) is 0 Å². The maximum absolute atomic E-state index is 4.60. The van der Waals surface area contributed by atoms with Crippen LogP contribution in [0.2, 0.25) is 0 Å². The Hall–Kier alpha value is -0.790. The Morgan fingerprint density at radius 1 is 2.00 bits per heavy atom. The molecular formula is C4H3+. The number of hydrogen-bond donors (Lipinski definition) is 0. The molecule has 0 saturated heterocycles. The first-order valence-electron chi connectivity index (χ1n) is 0.892. The van der Waals surface area contributed by atoms with Crippen molar-refractivity contribution in [1.82, 2.24) is 0 Å². The predicted molar refractivity (Wildman–Crippen MR) is 17.7 cm³/mol. The highest BCUT2D eigenvalue weighted by Crippen LogP contribution is 1.38. The van der Waals surface area contributed by atoms with Gasteiger partial charge in [-0.05, 0) is 0 Å². The predicted octanol–water partition coefficient (Wildman–Crippen LogP) is 0.609. The van der Waals surface area contributed by atoms with Crippen molar-refractivity contribution in [3.8, 4) is 12.3 Å². The molecule has 0 heteroatoms. The quantitative estimate of drug-likeness (QED) is 0.279. The second-order valence-electron chi connectivity index (χ2n) is 0.321. The van der Waals surface area contributed by atoms with E-state index in [4.69, 9.17) is 0 Å². The fourth-order valence-corrected chi connectivity index (χ4v) is 0. The van der Waals surface area contributed by atoms with E-state index in [1.165, 1.54) is 0 Å². The van der Waals surface area contributed by atoms with Gasteiger partial charge >= 0.3 is 0 Å². The third kappa shape index (κ3) is 1.21. The first kappa shape index (κ1) is 3.21. The normalized spacial score (nSPS) is 2.75. The van der Waals surface area contributed by atoms with Crippen LogP contribution in [0.4, 0.5) is 0 Å². The molecule has 0 unspecified atom stereocenters. The molecule has 0 amide bonds. The van der Waals surface area contributed by atoms with Gasteiger partial charge in [0.05, 0.1) is 6.58 Å². The zero-order valence-corrected chi connectivity index (χ0v) is 2.28. The van der Waals surface area contributed by atoms with Crippen LogP contribution in [-0.4, -0.2) is 0 Å². The monoisotopic (exact) mass is 51.0 g/mol. The summed E-state index contributed by atoms with van der Waals surface area (Å²) in [6.45, 7) is 3.12. The lowest BCUT2D eigenvalue weighted by molar-refractivity contribution is 2.20. The molecule has 0 aromatic heterocycles. The molecule has 0 aromatic carbocycles. The van der Waals surface area contributed by atoms with Crippen LogP contribution in [0.1, 0.15) is 0 Å². The van der Waals surface area contributed by atoms with Crippen molar-refractivity contribution in [2.24, 2.45) is 0 Å². The molecule has 0 spiro atoms. The molecule has 0 fully saturated rings. The molecule has 0 saturated carbocycles. The van der Waals surface area contributed by atoms with Crippen LogP contribution in [-0.2, 0) is 0 Å². The van der Waals surface area contributed by atoms with Gasteiger partial charge in [0.15, 0.2) is 6.08 Å². The summed E-state index contributed by atoms with van der Waals surface area (Å²) in [7, 11) is 0. The van der Waals surface area contributed by atoms with Gasteiger partial charge in [0.2, 0.25) is 5.92 Å². The molecule has 0 rings (SSSR count). The third-order valence-electron chi connectivity index (χ3n) is 0.102. The van der Waals surface area contributed by atoms with E-state index in [0.29, 0.717) is 0 Å². The van der Waals surface area contributed by atoms with E-state index < -0.39 is 0 Å². The van der Waals surface area contributed by atoms with Gasteiger partial charge in [-0.15, -0.1) is 0 Å². The molecule has 0 nitrogen and oxygen atoms in total. The largest absolute Gasteiger partial charge is 0.212 e. The Morgan fingerprint density at radius 3 is 2.25 bits per heavy atom. The molecule has 4 heavy (non-hydrogen) atoms. The van der Waals surface area contributed by atoms with Crippen LogP contribution in [0.25, 0.3) is 0 Å². The van der Waals surface area contributed by atoms with E-state index in [9.17, 15) is 0 Å². The molecule has 0 N–H and O–H groups in total. The van der Waals surface area contributed by atoms with Gasteiger partial charge < -0.3 is 0 Å². The summed E-state index contributed by atoms with van der Waals surface area (Å²) in [5.41, 5.74) is 0. The van der Waals surface area contributed by atoms with E-state index in [2.05, 4.69) is 25.0 Å². The summed E-state index contributed by atoms with van der Waals surface area (Å²) in [5, 5.41) is 0. The second-order valence-corrected chi connectivity index (χ2v) is 0.321. The minimum atomic E-state index is 2.07. The lowest BCUT2D eigenvalue weighted by Gasteiger charge is -1.16. The van der Waals surface area contributed by atoms with E-state index in [-0.39, 0.29) is 0 Å². The minimum Gasteiger partial charge on any atom is 0.0571 e. The Kier molecular flexibility index (Phi) is 1.77. The number of rotatable bonds is 0. The molecule has 18 valence electrons. The molecule has 0 aliphatic rings. The zero-order valence-electron chi connectivity index (χ0n) is 2.28. The van der Waals surface area contributed by atoms with Gasteiger partial charge in [-0.2, -0.15) is 0 Å². The second kappa shape index (κ2) is 2.21. The van der Waals surface area contributed by atoms with Crippen LogP contribution < -0.4 is 0 Å². The maximum atomic E-state index is 4.60. The molecule has 0 radical (unpaired) electrons. The molecule has 0 aromatic rings. The van der Waals surface area contributed by atoms with E-state index in [0.717, 1.165) is 0 Å². The first-order valence-corrected chi connectivity index (χ1v) is 0.892. The number of terminal acetylenes is 1. The van der Waals surface area contributed by atoms with Gasteiger partial charge in [-0.1, -0.05) is 0 Å². The fourth-order valence-electron chi connectivity index (χ4n) is 0. The number of allylic oxidation sites excluding steroid dienone is 1. The van der Waals surface area contributed by atoms with Crippen molar-refractivity contribution in [3.63, 3.8) is 0 Å². The van der Waals surface area contributed by atoms with E-state index in [1.54, 1.807) is 0 Å². The average Bonchev–Trinajstić information content (AvgIpc) is 1.37. The summed E-state index contributed by atoms with van der Waals surface area (Å²) in [5.74, 6) is 2.07. The van der Waals surface area contributed by atoms with Crippen molar-refractivity contribution >= 4 is 0 Å². The molecular weight excluding hydrogens is 48.0 g/mol. The van der Waals surface area contributed by atoms with Gasteiger partial charge in [-0.3, -0.25) is 0 Å². The van der Waals surface area contributed by atoms with E-state index >= 15 is 0 Å². The average molecular weight is 51.1 g/mol. The maximum Gasteiger partial charge on any atom is 0.212 e. The summed E-state index contributed by atoms with van der Waals surface area (Å²) < 4.78 is 0. The van der Waals surface area contributed by atoms with Gasteiger partial charge in [0.1, 0.15) is 6.42 Å². The van der Waals surface area contributed by atoms with Crippen molar-refractivity contribution in [2.75, 3.05) is 0 Å². The highest BCUT2D eigenvalue weighted by atomic mass is 13.3. The van der Waals surface area contributed by atoms with Gasteiger partial charge in [-0.25, -0.2) is 0 Å². The summed E-state index contributed by atoms with van der Waals surface area (Å²) >= 11 is 0. The third-order valence-corrected chi connectivity index (χ3v) is 0.102. The molecule has 0 heterocycles. The fraction of sp³-hybridized carbons (Fsp3) is 0. The summed E-state index contributed by atoms with van der Waals surface area (Å²) in [6, 6.07) is 0. The Morgan fingerprint density at radius 2 is 2.25 bits per heavy atom. The molecule has 0 aliphatic carbocycles. The van der Waals surface area contributed by atoms with Crippen molar-refractivity contribution < 1.29 is 0 Å². The first-order chi connectivity index (χ1) is 1.91. The Labute approximate surface area is 26.1 Å². The lowest BCUT2D eigenvalue weighted by atomic mass is 10.7. The van der Waals surface area contributed by atoms with Crippen LogP contribution in [0, 0.1) is 18.4 Å². The summed E-state index contributed by atoms with van der Waals surface area (Å²) in [4.78, 5) is 0. The Balaban J connectivity index is 2.92. The van der Waals surface area contributed by atoms with Gasteiger partial charge in [0, 0.05) is 0 Å². The topological polar surface area (TPSA) is 0 Å². The van der Waals surface area contributed by atoms with Crippen molar-refractivity contribution in [2.45, 2.75) is 0 Å². The van der Waals surface area contributed by atoms with Crippen LogP contribution in [0.15, 0.2) is 6.58 Å². The molecule has 0 bridgehead atoms. The lowest BCUT2D eigenvalue weighted by Crippen LogP contribution is -1.27. The highest BCUT2D eigenvalue weighted by molar-refractivity contribution is 4.94. The van der Waals surface area contributed by atoms with E-state index in [1.807, 2.05) is 0 Å². The zero-order chi connectivity index (χ0) is 3.41. The summed E-state index contributed by atoms with van der Waals surface area (Å²) in [6.07, 6.45) is 6.81. The Bertz CT molecular complexity index is 45.5. The minimum absolute atomic E-state index is 2.07. The van der Waals surface area contributed by atoms with Crippen molar-refractivity contribution in [1.29, 1.82) is 0 Å². The van der Waals surface area contributed by atoms with Crippen molar-refractivity contribution in [3.05, 3.63) is 12.7 Å². The van der Waals surface area contributed by atoms with Crippen LogP contribution in [0.3, 0.4) is 0 Å². The standard InChI is InChI=1S/C4H3/c1-3-4-2/h1H,2H2/q+1. The smallest absolute Gasteiger partial charge is 0.0571 e. The van der Waals surface area contributed by atoms with Crippen LogP contribution in [0.5, 0.6) is 0 Å². The highest BCUT2D eigenvalue weighted by Gasteiger charge is 1.48. The SMILES string of the molecule is C#C[C+]=C. The molecule has 0 aliphatic heterocycles. The van der Waals surface area contributed by atoms with Crippen LogP contribution >= 0.6 is 0 Å². The molecule has 0 atom stereocenters.